The van der Waals surface area contributed by atoms with Crippen molar-refractivity contribution in [2.75, 3.05) is 0 Å². The first-order valence-electron chi connectivity index (χ1n) is 10.0. The number of benzene rings is 1. The minimum absolute atomic E-state index is 0.392. The Morgan fingerprint density at radius 3 is 2.59 bits per heavy atom. The molecule has 1 aromatic carbocycles. The van der Waals surface area contributed by atoms with Crippen molar-refractivity contribution in [3.63, 3.8) is 0 Å². The largest absolute Gasteiger partial charge is 0.264 e. The number of aryl methyl sites for hydroxylation is 1. The maximum absolute atomic E-state index is 4.91. The molecular weight excluding hydrogens is 328 g/mol. The molecule has 27 heavy (non-hydrogen) atoms. The van der Waals surface area contributed by atoms with Crippen LogP contribution in [0, 0.1) is 12.3 Å². The summed E-state index contributed by atoms with van der Waals surface area (Å²) in [5, 5.41) is 0. The van der Waals surface area contributed by atoms with Gasteiger partial charge in [0.1, 0.15) is 0 Å². The van der Waals surface area contributed by atoms with Gasteiger partial charge in [0.25, 0.3) is 0 Å². The van der Waals surface area contributed by atoms with Gasteiger partial charge in [-0.15, -0.1) is 0 Å². The highest BCUT2D eigenvalue weighted by molar-refractivity contribution is 6.07. The topological polar surface area (TPSA) is 25.2 Å². The van der Waals surface area contributed by atoms with Crippen molar-refractivity contribution in [3.8, 4) is 0 Å². The Balaban J connectivity index is 1.63. The third-order valence-corrected chi connectivity index (χ3v) is 6.39. The van der Waals surface area contributed by atoms with E-state index in [1.54, 1.807) is 0 Å². The van der Waals surface area contributed by atoms with Gasteiger partial charge in [-0.2, -0.15) is 0 Å². The second-order valence-electron chi connectivity index (χ2n) is 8.14. The molecule has 2 aliphatic rings. The molecule has 4 rings (SSSR count). The number of allylic oxidation sites excluding steroid dienone is 2. The SMILES string of the molecule is C=C1CC(CC)(CC)Cc2ccc(C3=NC(c4cncc(C)c4)=CC3)cc21. The highest BCUT2D eigenvalue weighted by Gasteiger charge is 2.33. The van der Waals surface area contributed by atoms with Gasteiger partial charge in [0.2, 0.25) is 0 Å². The van der Waals surface area contributed by atoms with Crippen LogP contribution in [0.2, 0.25) is 0 Å². The zero-order chi connectivity index (χ0) is 19.0. The number of fused-ring (bicyclic) bond motifs is 1. The van der Waals surface area contributed by atoms with E-state index in [9.17, 15) is 0 Å². The van der Waals surface area contributed by atoms with Crippen molar-refractivity contribution in [1.82, 2.24) is 4.98 Å². The third kappa shape index (κ3) is 3.29. The van der Waals surface area contributed by atoms with Crippen LogP contribution in [0.4, 0.5) is 0 Å². The molecule has 0 spiro atoms. The fourth-order valence-electron chi connectivity index (χ4n) is 4.49. The molecule has 0 amide bonds. The quantitative estimate of drug-likeness (QED) is 0.623. The lowest BCUT2D eigenvalue weighted by atomic mass is 9.66. The van der Waals surface area contributed by atoms with Crippen LogP contribution in [0.25, 0.3) is 11.3 Å². The normalized spacial score (nSPS) is 18.1. The number of pyridine rings is 1. The molecule has 0 unspecified atom stereocenters. The molecule has 0 fully saturated rings. The molecule has 1 aliphatic heterocycles. The monoisotopic (exact) mass is 356 g/mol. The van der Waals surface area contributed by atoms with Crippen LogP contribution in [0.15, 0.2) is 54.3 Å². The Morgan fingerprint density at radius 1 is 1.04 bits per heavy atom. The Morgan fingerprint density at radius 2 is 1.85 bits per heavy atom. The predicted molar refractivity (Wildman–Crippen MR) is 115 cm³/mol. The van der Waals surface area contributed by atoms with Gasteiger partial charge in [-0.3, -0.25) is 9.98 Å². The van der Waals surface area contributed by atoms with Crippen LogP contribution in [0.3, 0.4) is 0 Å². The van der Waals surface area contributed by atoms with Gasteiger partial charge in [0.05, 0.1) is 11.4 Å². The highest BCUT2D eigenvalue weighted by atomic mass is 14.8. The predicted octanol–water partition coefficient (Wildman–Crippen LogP) is 6.39. The van der Waals surface area contributed by atoms with Crippen LogP contribution in [-0.2, 0) is 6.42 Å². The summed E-state index contributed by atoms with van der Waals surface area (Å²) in [6, 6.07) is 9.02. The van der Waals surface area contributed by atoms with E-state index in [2.05, 4.69) is 62.7 Å². The second-order valence-corrected chi connectivity index (χ2v) is 8.14. The molecule has 0 radical (unpaired) electrons. The summed E-state index contributed by atoms with van der Waals surface area (Å²) in [7, 11) is 0. The number of hydrogen-bond acceptors (Lipinski definition) is 2. The van der Waals surface area contributed by atoms with Crippen molar-refractivity contribution >= 4 is 17.0 Å². The third-order valence-electron chi connectivity index (χ3n) is 6.39. The van der Waals surface area contributed by atoms with Gasteiger partial charge in [0.15, 0.2) is 0 Å². The molecule has 138 valence electrons. The first-order chi connectivity index (χ1) is 13.0. The first kappa shape index (κ1) is 17.9. The summed E-state index contributed by atoms with van der Waals surface area (Å²) in [4.78, 5) is 9.21. The number of aromatic nitrogens is 1. The van der Waals surface area contributed by atoms with Gasteiger partial charge in [-0.25, -0.2) is 0 Å². The van der Waals surface area contributed by atoms with Crippen molar-refractivity contribution < 1.29 is 0 Å². The number of hydrogen-bond donors (Lipinski definition) is 0. The lowest BCUT2D eigenvalue weighted by Crippen LogP contribution is -2.27. The Kier molecular flexibility index (Phi) is 4.59. The molecule has 1 aromatic heterocycles. The van der Waals surface area contributed by atoms with E-state index in [1.807, 2.05) is 12.4 Å². The highest BCUT2D eigenvalue weighted by Crippen LogP contribution is 2.45. The average molecular weight is 357 g/mol. The van der Waals surface area contributed by atoms with Crippen molar-refractivity contribution in [2.24, 2.45) is 10.4 Å². The standard InChI is InChI=1S/C25H28N2/c1-5-25(6-2)13-18(4)22-12-19(7-8-20(22)14-25)23-9-10-24(27-23)21-11-17(3)15-26-16-21/h7-8,10-12,15-16H,4-6,9,13-14H2,1-3H3. The lowest BCUT2D eigenvalue weighted by Gasteiger charge is -2.38. The van der Waals surface area contributed by atoms with E-state index >= 15 is 0 Å². The van der Waals surface area contributed by atoms with Crippen LogP contribution in [0.5, 0.6) is 0 Å². The fourth-order valence-corrected chi connectivity index (χ4v) is 4.49. The molecule has 0 bridgehead atoms. The Bertz CT molecular complexity index is 958. The van der Waals surface area contributed by atoms with Gasteiger partial charge in [-0.05, 0) is 78.0 Å². The minimum Gasteiger partial charge on any atom is -0.264 e. The van der Waals surface area contributed by atoms with Crippen LogP contribution in [0.1, 0.15) is 67.3 Å². The zero-order valence-corrected chi connectivity index (χ0v) is 16.7. The molecule has 2 aromatic rings. The van der Waals surface area contributed by atoms with Gasteiger partial charge in [-0.1, -0.05) is 38.6 Å². The molecular formula is C25H28N2. The average Bonchev–Trinajstić information content (AvgIpc) is 3.18. The van der Waals surface area contributed by atoms with Crippen LogP contribution in [-0.4, -0.2) is 10.7 Å². The molecule has 0 N–H and O–H groups in total. The van der Waals surface area contributed by atoms with Crippen molar-refractivity contribution in [3.05, 3.63) is 77.1 Å². The van der Waals surface area contributed by atoms with E-state index in [0.29, 0.717) is 5.41 Å². The minimum atomic E-state index is 0.392. The first-order valence-corrected chi connectivity index (χ1v) is 10.0. The molecule has 1 aliphatic carbocycles. The van der Waals surface area contributed by atoms with Crippen LogP contribution >= 0.6 is 0 Å². The van der Waals surface area contributed by atoms with Gasteiger partial charge >= 0.3 is 0 Å². The maximum atomic E-state index is 4.91. The van der Waals surface area contributed by atoms with Gasteiger partial charge < -0.3 is 0 Å². The zero-order valence-electron chi connectivity index (χ0n) is 16.7. The van der Waals surface area contributed by atoms with Crippen LogP contribution < -0.4 is 0 Å². The molecule has 0 atom stereocenters. The number of rotatable bonds is 4. The van der Waals surface area contributed by atoms with E-state index in [1.165, 1.54) is 41.5 Å². The van der Waals surface area contributed by atoms with Crippen molar-refractivity contribution in [1.29, 1.82) is 0 Å². The summed E-state index contributed by atoms with van der Waals surface area (Å²) < 4.78 is 0. The lowest BCUT2D eigenvalue weighted by molar-refractivity contribution is 0.261. The van der Waals surface area contributed by atoms with E-state index in [-0.39, 0.29) is 0 Å². The Labute approximate surface area is 162 Å². The molecule has 2 heteroatoms. The number of aliphatic imine (C=N–C) groups is 1. The number of nitrogens with zero attached hydrogens (tertiary/aromatic N) is 2. The smallest absolute Gasteiger partial charge is 0.0685 e. The molecule has 2 nitrogen and oxygen atoms in total. The second kappa shape index (κ2) is 6.92. The molecule has 2 heterocycles. The summed E-state index contributed by atoms with van der Waals surface area (Å²) >= 11 is 0. The summed E-state index contributed by atoms with van der Waals surface area (Å²) in [5.41, 5.74) is 10.1. The van der Waals surface area contributed by atoms with E-state index in [0.717, 1.165) is 35.4 Å². The summed E-state index contributed by atoms with van der Waals surface area (Å²) in [6.45, 7) is 11.1. The van der Waals surface area contributed by atoms with E-state index < -0.39 is 0 Å². The molecule has 0 saturated carbocycles. The fraction of sp³-hybridized carbons (Fsp3) is 0.360. The summed E-state index contributed by atoms with van der Waals surface area (Å²) in [5.74, 6) is 0. The molecule has 0 saturated heterocycles. The van der Waals surface area contributed by atoms with E-state index in [4.69, 9.17) is 4.99 Å². The maximum Gasteiger partial charge on any atom is 0.0685 e. The Hall–Kier alpha value is -2.48. The van der Waals surface area contributed by atoms with Crippen molar-refractivity contribution in [2.45, 2.75) is 52.9 Å². The summed E-state index contributed by atoms with van der Waals surface area (Å²) in [6.07, 6.45) is 11.6. The van der Waals surface area contributed by atoms with Gasteiger partial charge in [0, 0.05) is 24.4 Å².